The van der Waals surface area contributed by atoms with Gasteiger partial charge in [0.15, 0.2) is 0 Å². The van der Waals surface area contributed by atoms with Crippen molar-refractivity contribution in [1.29, 1.82) is 0 Å². The monoisotopic (exact) mass is 230 g/mol. The molecule has 0 amide bonds. The molecule has 17 heavy (non-hydrogen) atoms. The Morgan fingerprint density at radius 3 is 2.94 bits per heavy atom. The Morgan fingerprint density at radius 1 is 1.35 bits per heavy atom. The predicted molar refractivity (Wildman–Crippen MR) is 65.5 cm³/mol. The van der Waals surface area contributed by atoms with Crippen LogP contribution in [0.5, 0.6) is 0 Å². The molecule has 0 saturated carbocycles. The molecule has 0 radical (unpaired) electrons. The summed E-state index contributed by atoms with van der Waals surface area (Å²) in [5.41, 5.74) is 2.24. The van der Waals surface area contributed by atoms with Crippen LogP contribution in [0.4, 0.5) is 0 Å². The van der Waals surface area contributed by atoms with E-state index < -0.39 is 5.97 Å². The first kappa shape index (κ1) is 11.5. The molecular weight excluding hydrogens is 216 g/mol. The molecule has 1 aromatic heterocycles. The number of allylic oxidation sites excluding steroid dienone is 6. The van der Waals surface area contributed by atoms with Crippen molar-refractivity contribution in [2.45, 2.75) is 13.3 Å². The highest BCUT2D eigenvalue weighted by Gasteiger charge is 2.13. The van der Waals surface area contributed by atoms with Crippen LogP contribution in [-0.2, 0) is 4.74 Å². The van der Waals surface area contributed by atoms with E-state index in [0.29, 0.717) is 5.76 Å². The molecular formula is C14H14O3. The van der Waals surface area contributed by atoms with Crippen LogP contribution >= 0.6 is 0 Å². The van der Waals surface area contributed by atoms with E-state index >= 15 is 0 Å². The van der Waals surface area contributed by atoms with Gasteiger partial charge >= 0.3 is 5.97 Å². The molecule has 1 aliphatic rings. The van der Waals surface area contributed by atoms with Crippen LogP contribution in [0.15, 0.2) is 46.4 Å². The van der Waals surface area contributed by atoms with E-state index in [-0.39, 0.29) is 5.76 Å². The lowest BCUT2D eigenvalue weighted by Gasteiger charge is -1.98. The summed E-state index contributed by atoms with van der Waals surface area (Å²) in [5, 5.41) is 0. The highest BCUT2D eigenvalue weighted by Crippen LogP contribution is 2.24. The highest BCUT2D eigenvalue weighted by molar-refractivity contribution is 5.86. The first-order chi connectivity index (χ1) is 8.20. The van der Waals surface area contributed by atoms with Crippen LogP contribution in [0, 0.1) is 0 Å². The fourth-order valence-electron chi connectivity index (χ4n) is 1.63. The first-order valence-corrected chi connectivity index (χ1v) is 5.43. The lowest BCUT2D eigenvalue weighted by Crippen LogP contribution is -1.98. The average Bonchev–Trinajstić information content (AvgIpc) is 2.72. The molecule has 0 N–H and O–H groups in total. The van der Waals surface area contributed by atoms with E-state index in [1.54, 1.807) is 12.1 Å². The van der Waals surface area contributed by atoms with Crippen molar-refractivity contribution >= 4 is 11.5 Å². The smallest absolute Gasteiger partial charge is 0.373 e. The molecule has 0 unspecified atom stereocenters. The van der Waals surface area contributed by atoms with Gasteiger partial charge in [0.1, 0.15) is 5.76 Å². The van der Waals surface area contributed by atoms with Crippen molar-refractivity contribution in [3.8, 4) is 0 Å². The lowest BCUT2D eigenvalue weighted by molar-refractivity contribution is 0.0564. The minimum atomic E-state index is -0.451. The number of esters is 1. The number of furan rings is 1. The number of carbonyl (C=O) groups excluding carboxylic acids is 1. The Bertz CT molecular complexity index is 515. The highest BCUT2D eigenvalue weighted by atomic mass is 16.5. The van der Waals surface area contributed by atoms with Crippen molar-refractivity contribution < 1.29 is 13.9 Å². The van der Waals surface area contributed by atoms with E-state index in [1.807, 2.05) is 19.1 Å². The molecule has 1 aliphatic carbocycles. The molecule has 0 saturated heterocycles. The van der Waals surface area contributed by atoms with Crippen molar-refractivity contribution in [2.75, 3.05) is 7.11 Å². The molecule has 1 aromatic rings. The average molecular weight is 230 g/mol. The third-order valence-corrected chi connectivity index (χ3v) is 2.57. The molecule has 0 aromatic carbocycles. The Morgan fingerprint density at radius 2 is 2.18 bits per heavy atom. The number of carbonyl (C=O) groups is 1. The van der Waals surface area contributed by atoms with Crippen LogP contribution < -0.4 is 0 Å². The van der Waals surface area contributed by atoms with Gasteiger partial charge in [-0.25, -0.2) is 4.79 Å². The Kier molecular flexibility index (Phi) is 3.28. The van der Waals surface area contributed by atoms with Gasteiger partial charge in [0.05, 0.1) is 7.11 Å². The predicted octanol–water partition coefficient (Wildman–Crippen LogP) is 3.36. The van der Waals surface area contributed by atoms with Crippen LogP contribution in [0.3, 0.4) is 0 Å². The second-order valence-corrected chi connectivity index (χ2v) is 3.86. The van der Waals surface area contributed by atoms with Gasteiger partial charge in [0.2, 0.25) is 5.76 Å². The van der Waals surface area contributed by atoms with Crippen LogP contribution in [0.2, 0.25) is 0 Å². The molecule has 0 fully saturated rings. The van der Waals surface area contributed by atoms with Crippen molar-refractivity contribution in [1.82, 2.24) is 0 Å². The van der Waals surface area contributed by atoms with E-state index in [4.69, 9.17) is 4.42 Å². The van der Waals surface area contributed by atoms with Gasteiger partial charge in [-0.3, -0.25) is 0 Å². The van der Waals surface area contributed by atoms with E-state index in [0.717, 1.165) is 12.0 Å². The Labute approximate surface area is 100 Å². The molecule has 88 valence electrons. The number of methoxy groups -OCH3 is 1. The van der Waals surface area contributed by atoms with Gasteiger partial charge in [-0.2, -0.15) is 0 Å². The number of hydrogen-bond donors (Lipinski definition) is 0. The largest absolute Gasteiger partial charge is 0.463 e. The second kappa shape index (κ2) is 4.87. The number of rotatable bonds is 2. The third kappa shape index (κ3) is 2.56. The normalized spacial score (nSPS) is 14.9. The summed E-state index contributed by atoms with van der Waals surface area (Å²) in [6, 6.07) is 3.42. The minimum Gasteiger partial charge on any atom is -0.463 e. The van der Waals surface area contributed by atoms with Crippen LogP contribution in [0.1, 0.15) is 29.7 Å². The summed E-state index contributed by atoms with van der Waals surface area (Å²) in [6.45, 7) is 2.04. The maximum absolute atomic E-state index is 11.3. The van der Waals surface area contributed by atoms with Gasteiger partial charge in [0.25, 0.3) is 0 Å². The third-order valence-electron chi connectivity index (χ3n) is 2.57. The van der Waals surface area contributed by atoms with Gasteiger partial charge in [-0.05, 0) is 31.1 Å². The molecule has 0 spiro atoms. The number of hydrogen-bond acceptors (Lipinski definition) is 3. The van der Waals surface area contributed by atoms with Gasteiger partial charge in [-0.15, -0.1) is 0 Å². The summed E-state index contributed by atoms with van der Waals surface area (Å²) in [5.74, 6) is 0.492. The zero-order chi connectivity index (χ0) is 12.3. The summed E-state index contributed by atoms with van der Waals surface area (Å²) < 4.78 is 10.1. The van der Waals surface area contributed by atoms with E-state index in [9.17, 15) is 4.79 Å². The van der Waals surface area contributed by atoms with E-state index in [2.05, 4.69) is 16.9 Å². The SMILES string of the molecule is COC(=O)c1ccc(C2=CC=C(C)C=CC2)o1. The van der Waals surface area contributed by atoms with Crippen LogP contribution in [-0.4, -0.2) is 13.1 Å². The van der Waals surface area contributed by atoms with Gasteiger partial charge < -0.3 is 9.15 Å². The summed E-state index contributed by atoms with van der Waals surface area (Å²) in [6.07, 6.45) is 8.97. The zero-order valence-corrected chi connectivity index (χ0v) is 9.90. The molecule has 0 aliphatic heterocycles. The maximum atomic E-state index is 11.3. The standard InChI is InChI=1S/C14H14O3/c1-10-4-3-5-11(7-6-10)12-8-9-13(17-12)14(15)16-2/h3-4,6-9H,5H2,1-2H3. The lowest BCUT2D eigenvalue weighted by atomic mass is 10.1. The number of ether oxygens (including phenoxy) is 1. The van der Waals surface area contributed by atoms with Gasteiger partial charge in [-0.1, -0.05) is 29.9 Å². The summed E-state index contributed by atoms with van der Waals surface area (Å²) >= 11 is 0. The molecule has 3 heteroatoms. The maximum Gasteiger partial charge on any atom is 0.373 e. The Balaban J connectivity index is 2.26. The Hall–Kier alpha value is -2.03. The molecule has 2 rings (SSSR count). The second-order valence-electron chi connectivity index (χ2n) is 3.86. The summed E-state index contributed by atoms with van der Waals surface area (Å²) in [4.78, 5) is 11.3. The molecule has 3 nitrogen and oxygen atoms in total. The molecule has 1 heterocycles. The quantitative estimate of drug-likeness (QED) is 0.731. The van der Waals surface area contributed by atoms with Crippen molar-refractivity contribution in [3.63, 3.8) is 0 Å². The fourth-order valence-corrected chi connectivity index (χ4v) is 1.63. The first-order valence-electron chi connectivity index (χ1n) is 5.43. The van der Waals surface area contributed by atoms with E-state index in [1.165, 1.54) is 12.7 Å². The molecule has 0 atom stereocenters. The molecule has 0 bridgehead atoms. The summed E-state index contributed by atoms with van der Waals surface area (Å²) in [7, 11) is 1.34. The topological polar surface area (TPSA) is 39.4 Å². The minimum absolute atomic E-state index is 0.234. The van der Waals surface area contributed by atoms with Gasteiger partial charge in [0, 0.05) is 0 Å². The zero-order valence-electron chi connectivity index (χ0n) is 9.90. The fraction of sp³-hybridized carbons (Fsp3) is 0.214. The van der Waals surface area contributed by atoms with Crippen LogP contribution in [0.25, 0.3) is 5.57 Å². The van der Waals surface area contributed by atoms with Crippen molar-refractivity contribution in [3.05, 3.63) is 53.5 Å². The van der Waals surface area contributed by atoms with Crippen molar-refractivity contribution in [2.24, 2.45) is 0 Å².